The lowest BCUT2D eigenvalue weighted by Crippen LogP contribution is -1.83. The Morgan fingerprint density at radius 1 is 1.00 bits per heavy atom. The molecule has 0 saturated carbocycles. The van der Waals surface area contributed by atoms with Gasteiger partial charge in [-0.25, -0.2) is 0 Å². The van der Waals surface area contributed by atoms with E-state index in [1.165, 1.54) is 4.90 Å². The van der Waals surface area contributed by atoms with E-state index >= 15 is 0 Å². The van der Waals surface area contributed by atoms with Crippen LogP contribution >= 0.6 is 23.4 Å². The van der Waals surface area contributed by atoms with Crippen molar-refractivity contribution >= 4 is 23.4 Å². The van der Waals surface area contributed by atoms with Crippen molar-refractivity contribution < 1.29 is 4.74 Å². The van der Waals surface area contributed by atoms with Gasteiger partial charge < -0.3 is 4.74 Å². The normalized spacial score (nSPS) is 10.1. The average molecular weight is 251 g/mol. The van der Waals surface area contributed by atoms with Gasteiger partial charge in [0.1, 0.15) is 5.75 Å². The Kier molecular flexibility index (Phi) is 3.75. The summed E-state index contributed by atoms with van der Waals surface area (Å²) in [5.74, 6) is 0.783. The zero-order valence-electron chi connectivity index (χ0n) is 8.81. The fourth-order valence-corrected chi connectivity index (χ4v) is 2.55. The lowest BCUT2D eigenvalue weighted by atomic mass is 10.3. The first kappa shape index (κ1) is 11.4. The maximum absolute atomic E-state index is 6.00. The molecule has 0 unspecified atom stereocenters. The molecular weight excluding hydrogens is 240 g/mol. The van der Waals surface area contributed by atoms with E-state index in [1.807, 2.05) is 30.3 Å². The lowest BCUT2D eigenvalue weighted by Gasteiger charge is -2.05. The minimum absolute atomic E-state index is 0.692. The maximum Gasteiger partial charge on any atom is 0.121 e. The zero-order chi connectivity index (χ0) is 11.4. The molecule has 0 N–H and O–H groups in total. The van der Waals surface area contributed by atoms with Gasteiger partial charge in [0.25, 0.3) is 0 Å². The van der Waals surface area contributed by atoms with Crippen molar-refractivity contribution in [2.45, 2.75) is 9.79 Å². The van der Waals surface area contributed by atoms with Crippen molar-refractivity contribution in [3.8, 4) is 5.75 Å². The molecule has 0 aliphatic rings. The average Bonchev–Trinajstić information content (AvgIpc) is 2.29. The summed E-state index contributed by atoms with van der Waals surface area (Å²) in [7, 11) is 1.64. The van der Waals surface area contributed by atoms with Gasteiger partial charge in [0.2, 0.25) is 0 Å². The Hall–Kier alpha value is -1.12. The molecule has 0 atom stereocenters. The first-order valence-corrected chi connectivity index (χ1v) is 6.05. The Labute approximate surface area is 104 Å². The number of methoxy groups -OCH3 is 1. The standard InChI is InChI=1S/C13H11ClOS/c1-15-11-7-10(14)8-13(9-11)16-12-5-3-2-4-6-12/h2-9H,1H3. The molecule has 2 aromatic carbocycles. The minimum atomic E-state index is 0.692. The van der Waals surface area contributed by atoms with Gasteiger partial charge in [-0.3, -0.25) is 0 Å². The Morgan fingerprint density at radius 3 is 2.44 bits per heavy atom. The highest BCUT2D eigenvalue weighted by Crippen LogP contribution is 2.32. The van der Waals surface area contributed by atoms with Crippen LogP contribution in [0.15, 0.2) is 58.3 Å². The highest BCUT2D eigenvalue weighted by atomic mass is 35.5. The molecule has 0 spiro atoms. The third kappa shape index (κ3) is 2.94. The monoisotopic (exact) mass is 250 g/mol. The Morgan fingerprint density at radius 2 is 1.75 bits per heavy atom. The molecule has 0 fully saturated rings. The third-order valence-electron chi connectivity index (χ3n) is 2.06. The van der Waals surface area contributed by atoms with Crippen molar-refractivity contribution in [2.24, 2.45) is 0 Å². The molecule has 2 aromatic rings. The fraction of sp³-hybridized carbons (Fsp3) is 0.0769. The smallest absolute Gasteiger partial charge is 0.121 e. The molecule has 16 heavy (non-hydrogen) atoms. The predicted octanol–water partition coefficient (Wildman–Crippen LogP) is 4.50. The summed E-state index contributed by atoms with van der Waals surface area (Å²) < 4.78 is 5.18. The number of hydrogen-bond acceptors (Lipinski definition) is 2. The predicted molar refractivity (Wildman–Crippen MR) is 68.6 cm³/mol. The van der Waals surface area contributed by atoms with Gasteiger partial charge in [-0.2, -0.15) is 0 Å². The molecule has 0 heterocycles. The minimum Gasteiger partial charge on any atom is -0.497 e. The summed E-state index contributed by atoms with van der Waals surface area (Å²) in [6.45, 7) is 0. The SMILES string of the molecule is COc1cc(Cl)cc(Sc2ccccc2)c1. The summed E-state index contributed by atoms with van der Waals surface area (Å²) >= 11 is 7.67. The van der Waals surface area contributed by atoms with Crippen molar-refractivity contribution in [1.82, 2.24) is 0 Å². The molecule has 82 valence electrons. The molecule has 3 heteroatoms. The fourth-order valence-electron chi connectivity index (χ4n) is 1.34. The van der Waals surface area contributed by atoms with Crippen LogP contribution in [-0.2, 0) is 0 Å². The van der Waals surface area contributed by atoms with Crippen LogP contribution < -0.4 is 4.74 Å². The van der Waals surface area contributed by atoms with E-state index in [4.69, 9.17) is 16.3 Å². The number of ether oxygens (including phenoxy) is 1. The van der Waals surface area contributed by atoms with Gasteiger partial charge in [-0.1, -0.05) is 41.6 Å². The van der Waals surface area contributed by atoms with Gasteiger partial charge in [0.15, 0.2) is 0 Å². The molecule has 1 nitrogen and oxygen atoms in total. The van der Waals surface area contributed by atoms with E-state index in [2.05, 4.69) is 12.1 Å². The van der Waals surface area contributed by atoms with E-state index in [0.29, 0.717) is 5.02 Å². The largest absolute Gasteiger partial charge is 0.497 e. The number of halogens is 1. The topological polar surface area (TPSA) is 9.23 Å². The molecule has 0 aliphatic carbocycles. The molecule has 0 radical (unpaired) electrons. The molecule has 2 rings (SSSR count). The second-order valence-electron chi connectivity index (χ2n) is 3.24. The van der Waals surface area contributed by atoms with Crippen molar-refractivity contribution in [2.75, 3.05) is 7.11 Å². The van der Waals surface area contributed by atoms with E-state index in [1.54, 1.807) is 24.9 Å². The van der Waals surface area contributed by atoms with Gasteiger partial charge >= 0.3 is 0 Å². The van der Waals surface area contributed by atoms with Gasteiger partial charge in [-0.05, 0) is 30.3 Å². The zero-order valence-corrected chi connectivity index (χ0v) is 10.4. The van der Waals surface area contributed by atoms with Gasteiger partial charge in [0.05, 0.1) is 7.11 Å². The van der Waals surface area contributed by atoms with Crippen LogP contribution in [0.4, 0.5) is 0 Å². The van der Waals surface area contributed by atoms with E-state index in [9.17, 15) is 0 Å². The Bertz CT molecular complexity index is 471. The highest BCUT2D eigenvalue weighted by Gasteiger charge is 2.01. The van der Waals surface area contributed by atoms with E-state index in [0.717, 1.165) is 10.6 Å². The van der Waals surface area contributed by atoms with Crippen LogP contribution in [-0.4, -0.2) is 7.11 Å². The molecule has 0 amide bonds. The van der Waals surface area contributed by atoms with E-state index in [-0.39, 0.29) is 0 Å². The summed E-state index contributed by atoms with van der Waals surface area (Å²) in [5, 5.41) is 0.692. The van der Waals surface area contributed by atoms with Crippen molar-refractivity contribution in [3.63, 3.8) is 0 Å². The van der Waals surface area contributed by atoms with Crippen LogP contribution in [0.5, 0.6) is 5.75 Å². The van der Waals surface area contributed by atoms with Crippen LogP contribution in [0.1, 0.15) is 0 Å². The third-order valence-corrected chi connectivity index (χ3v) is 3.26. The second kappa shape index (κ2) is 5.28. The Balaban J connectivity index is 2.24. The van der Waals surface area contributed by atoms with Crippen molar-refractivity contribution in [1.29, 1.82) is 0 Å². The molecule has 0 bridgehead atoms. The second-order valence-corrected chi connectivity index (χ2v) is 4.83. The van der Waals surface area contributed by atoms with Crippen LogP contribution in [0, 0.1) is 0 Å². The maximum atomic E-state index is 6.00. The first-order valence-electron chi connectivity index (χ1n) is 4.85. The van der Waals surface area contributed by atoms with Gasteiger partial charge in [0, 0.05) is 14.8 Å². The summed E-state index contributed by atoms with van der Waals surface area (Å²) in [4.78, 5) is 2.27. The van der Waals surface area contributed by atoms with Crippen molar-refractivity contribution in [3.05, 3.63) is 53.6 Å². The van der Waals surface area contributed by atoms with E-state index < -0.39 is 0 Å². The molecule has 0 aliphatic heterocycles. The van der Waals surface area contributed by atoms with Crippen LogP contribution in [0.3, 0.4) is 0 Å². The molecular formula is C13H11ClOS. The summed E-state index contributed by atoms with van der Waals surface area (Å²) in [6.07, 6.45) is 0. The quantitative estimate of drug-likeness (QED) is 0.793. The number of rotatable bonds is 3. The number of hydrogen-bond donors (Lipinski definition) is 0. The van der Waals surface area contributed by atoms with Gasteiger partial charge in [-0.15, -0.1) is 0 Å². The highest BCUT2D eigenvalue weighted by molar-refractivity contribution is 7.99. The first-order chi connectivity index (χ1) is 7.78. The summed E-state index contributed by atoms with van der Waals surface area (Å²) in [6, 6.07) is 15.9. The lowest BCUT2D eigenvalue weighted by molar-refractivity contribution is 0.413. The molecule has 0 aromatic heterocycles. The van der Waals surface area contributed by atoms with Crippen LogP contribution in [0.2, 0.25) is 5.02 Å². The summed E-state index contributed by atoms with van der Waals surface area (Å²) in [5.41, 5.74) is 0. The number of benzene rings is 2. The van der Waals surface area contributed by atoms with Crippen LogP contribution in [0.25, 0.3) is 0 Å². The molecule has 0 saturated heterocycles.